The maximum Gasteiger partial charge on any atom is 0.251 e. The Morgan fingerprint density at radius 1 is 1.17 bits per heavy atom. The van der Waals surface area contributed by atoms with E-state index in [0.29, 0.717) is 12.1 Å². The van der Waals surface area contributed by atoms with E-state index in [1.807, 2.05) is 50.2 Å². The predicted octanol–water partition coefficient (Wildman–Crippen LogP) is 3.75. The Hall–Kier alpha value is -2.53. The third kappa shape index (κ3) is 3.46. The van der Waals surface area contributed by atoms with Crippen molar-refractivity contribution in [3.63, 3.8) is 0 Å². The first-order valence-corrected chi connectivity index (χ1v) is 8.17. The molecule has 0 spiro atoms. The number of thiazole rings is 1. The number of aromatic nitrogens is 2. The minimum atomic E-state index is -0.0566. The van der Waals surface area contributed by atoms with E-state index in [4.69, 9.17) is 0 Å². The number of rotatable bonds is 4. The quantitative estimate of drug-likeness (QED) is 0.795. The van der Waals surface area contributed by atoms with Gasteiger partial charge < -0.3 is 5.32 Å². The molecule has 0 aliphatic rings. The van der Waals surface area contributed by atoms with Crippen LogP contribution in [0.4, 0.5) is 0 Å². The summed E-state index contributed by atoms with van der Waals surface area (Å²) in [6.45, 7) is 4.38. The van der Waals surface area contributed by atoms with Crippen LogP contribution in [0.15, 0.2) is 48.8 Å². The fourth-order valence-electron chi connectivity index (χ4n) is 2.29. The van der Waals surface area contributed by atoms with Gasteiger partial charge in [-0.2, -0.15) is 0 Å². The van der Waals surface area contributed by atoms with Crippen LogP contribution in [0.5, 0.6) is 0 Å². The zero-order chi connectivity index (χ0) is 16.2. The summed E-state index contributed by atoms with van der Waals surface area (Å²) < 4.78 is 0. The zero-order valence-electron chi connectivity index (χ0n) is 13.0. The number of pyridine rings is 1. The highest BCUT2D eigenvalue weighted by atomic mass is 32.1. The van der Waals surface area contributed by atoms with Gasteiger partial charge in [0.25, 0.3) is 5.91 Å². The van der Waals surface area contributed by atoms with Gasteiger partial charge >= 0.3 is 0 Å². The van der Waals surface area contributed by atoms with E-state index in [-0.39, 0.29) is 5.91 Å². The molecule has 2 aromatic heterocycles. The Morgan fingerprint density at radius 3 is 2.74 bits per heavy atom. The molecule has 0 saturated carbocycles. The molecule has 5 heteroatoms. The normalized spacial score (nSPS) is 10.5. The Morgan fingerprint density at radius 2 is 2.00 bits per heavy atom. The first-order chi connectivity index (χ1) is 11.1. The van der Waals surface area contributed by atoms with Gasteiger partial charge in [0, 0.05) is 28.4 Å². The van der Waals surface area contributed by atoms with Gasteiger partial charge in [-0.1, -0.05) is 18.2 Å². The Balaban J connectivity index is 1.73. The molecule has 0 atom stereocenters. The van der Waals surface area contributed by atoms with Gasteiger partial charge in [0.15, 0.2) is 0 Å². The number of nitrogens with one attached hydrogen (secondary N) is 1. The second kappa shape index (κ2) is 6.71. The zero-order valence-corrected chi connectivity index (χ0v) is 13.9. The second-order valence-electron chi connectivity index (χ2n) is 5.27. The van der Waals surface area contributed by atoms with Crippen molar-refractivity contribution < 1.29 is 4.79 Å². The largest absolute Gasteiger partial charge is 0.347 e. The van der Waals surface area contributed by atoms with Crippen LogP contribution in [0.25, 0.3) is 10.6 Å². The van der Waals surface area contributed by atoms with E-state index in [0.717, 1.165) is 26.7 Å². The highest BCUT2D eigenvalue weighted by Crippen LogP contribution is 2.27. The van der Waals surface area contributed by atoms with Crippen molar-refractivity contribution in [3.05, 3.63) is 70.5 Å². The smallest absolute Gasteiger partial charge is 0.251 e. The lowest BCUT2D eigenvalue weighted by Gasteiger charge is -2.06. The SMILES string of the molecule is Cc1ccccc1C(=O)NCc1sc(-c2cccnc2)nc1C. The van der Waals surface area contributed by atoms with E-state index in [2.05, 4.69) is 15.3 Å². The molecule has 0 saturated heterocycles. The number of benzene rings is 1. The van der Waals surface area contributed by atoms with E-state index in [1.165, 1.54) is 0 Å². The molecular weight excluding hydrogens is 306 g/mol. The second-order valence-corrected chi connectivity index (χ2v) is 6.35. The molecular formula is C18H17N3OS. The van der Waals surface area contributed by atoms with Crippen molar-refractivity contribution >= 4 is 17.2 Å². The Kier molecular flexibility index (Phi) is 4.48. The minimum Gasteiger partial charge on any atom is -0.347 e. The summed E-state index contributed by atoms with van der Waals surface area (Å²) in [5, 5.41) is 3.90. The van der Waals surface area contributed by atoms with Crippen molar-refractivity contribution in [1.82, 2.24) is 15.3 Å². The van der Waals surface area contributed by atoms with Gasteiger partial charge in [0.2, 0.25) is 0 Å². The summed E-state index contributed by atoms with van der Waals surface area (Å²) in [7, 11) is 0. The third-order valence-corrected chi connectivity index (χ3v) is 4.81. The molecule has 0 aliphatic carbocycles. The molecule has 0 radical (unpaired) electrons. The van der Waals surface area contributed by atoms with E-state index >= 15 is 0 Å². The standard InChI is InChI=1S/C18H17N3OS/c1-12-6-3-4-8-15(12)17(22)20-11-16-13(2)21-18(23-16)14-7-5-9-19-10-14/h3-10H,11H2,1-2H3,(H,20,22). The lowest BCUT2D eigenvalue weighted by Crippen LogP contribution is -2.23. The number of hydrogen-bond donors (Lipinski definition) is 1. The summed E-state index contributed by atoms with van der Waals surface area (Å²) in [5.41, 5.74) is 3.63. The highest BCUT2D eigenvalue weighted by molar-refractivity contribution is 7.15. The van der Waals surface area contributed by atoms with Crippen LogP contribution in [0.2, 0.25) is 0 Å². The minimum absolute atomic E-state index is 0.0566. The lowest BCUT2D eigenvalue weighted by molar-refractivity contribution is 0.0950. The Bertz CT molecular complexity index is 827. The van der Waals surface area contributed by atoms with Crippen LogP contribution in [0.1, 0.15) is 26.5 Å². The fourth-order valence-corrected chi connectivity index (χ4v) is 3.28. The molecule has 1 N–H and O–H groups in total. The molecule has 0 bridgehead atoms. The average Bonchev–Trinajstić information content (AvgIpc) is 2.95. The molecule has 116 valence electrons. The van der Waals surface area contributed by atoms with Gasteiger partial charge in [-0.15, -0.1) is 11.3 Å². The van der Waals surface area contributed by atoms with Crippen LogP contribution in [-0.2, 0) is 6.54 Å². The molecule has 4 nitrogen and oxygen atoms in total. The summed E-state index contributed by atoms with van der Waals surface area (Å²) in [6.07, 6.45) is 3.54. The number of amides is 1. The molecule has 1 amide bonds. The van der Waals surface area contributed by atoms with Crippen LogP contribution in [-0.4, -0.2) is 15.9 Å². The van der Waals surface area contributed by atoms with E-state index in [9.17, 15) is 4.79 Å². The third-order valence-electron chi connectivity index (χ3n) is 3.60. The highest BCUT2D eigenvalue weighted by Gasteiger charge is 2.12. The number of carbonyl (C=O) groups is 1. The summed E-state index contributed by atoms with van der Waals surface area (Å²) >= 11 is 1.59. The van der Waals surface area contributed by atoms with Crippen molar-refractivity contribution in [1.29, 1.82) is 0 Å². The molecule has 2 heterocycles. The van der Waals surface area contributed by atoms with E-state index in [1.54, 1.807) is 23.7 Å². The number of carbonyl (C=O) groups excluding carboxylic acids is 1. The van der Waals surface area contributed by atoms with Gasteiger partial charge in [-0.25, -0.2) is 4.98 Å². The lowest BCUT2D eigenvalue weighted by atomic mass is 10.1. The van der Waals surface area contributed by atoms with Crippen LogP contribution < -0.4 is 5.32 Å². The van der Waals surface area contributed by atoms with Gasteiger partial charge in [0.1, 0.15) is 5.01 Å². The first-order valence-electron chi connectivity index (χ1n) is 7.35. The number of hydrogen-bond acceptors (Lipinski definition) is 4. The van der Waals surface area contributed by atoms with Crippen molar-refractivity contribution in [2.75, 3.05) is 0 Å². The fraction of sp³-hybridized carbons (Fsp3) is 0.167. The van der Waals surface area contributed by atoms with Gasteiger partial charge in [-0.3, -0.25) is 9.78 Å². The van der Waals surface area contributed by atoms with E-state index < -0.39 is 0 Å². The van der Waals surface area contributed by atoms with Crippen LogP contribution >= 0.6 is 11.3 Å². The maximum absolute atomic E-state index is 12.3. The van der Waals surface area contributed by atoms with Crippen LogP contribution in [0, 0.1) is 13.8 Å². The topological polar surface area (TPSA) is 54.9 Å². The van der Waals surface area contributed by atoms with Crippen molar-refractivity contribution in [2.24, 2.45) is 0 Å². The van der Waals surface area contributed by atoms with Crippen LogP contribution in [0.3, 0.4) is 0 Å². The summed E-state index contributed by atoms with van der Waals surface area (Å²) in [6, 6.07) is 11.5. The van der Waals surface area contributed by atoms with Crippen molar-refractivity contribution in [2.45, 2.75) is 20.4 Å². The predicted molar refractivity (Wildman–Crippen MR) is 92.4 cm³/mol. The molecule has 3 aromatic rings. The van der Waals surface area contributed by atoms with Gasteiger partial charge in [-0.05, 0) is 37.6 Å². The number of aryl methyl sites for hydroxylation is 2. The number of nitrogens with zero attached hydrogens (tertiary/aromatic N) is 2. The molecule has 1 aromatic carbocycles. The first kappa shape index (κ1) is 15.4. The molecule has 0 unspecified atom stereocenters. The van der Waals surface area contributed by atoms with Gasteiger partial charge in [0.05, 0.1) is 12.2 Å². The molecule has 3 rings (SSSR count). The summed E-state index contributed by atoms with van der Waals surface area (Å²) in [5.74, 6) is -0.0566. The molecule has 0 aliphatic heterocycles. The maximum atomic E-state index is 12.3. The summed E-state index contributed by atoms with van der Waals surface area (Å²) in [4.78, 5) is 22.0. The Labute approximate surface area is 139 Å². The molecule has 23 heavy (non-hydrogen) atoms. The van der Waals surface area contributed by atoms with Crippen molar-refractivity contribution in [3.8, 4) is 10.6 Å². The molecule has 0 fully saturated rings. The monoisotopic (exact) mass is 323 g/mol. The average molecular weight is 323 g/mol.